The summed E-state index contributed by atoms with van der Waals surface area (Å²) in [5.74, 6) is -0.573. The molecule has 0 bridgehead atoms. The van der Waals surface area contributed by atoms with Gasteiger partial charge in [0, 0.05) is 77.5 Å². The van der Waals surface area contributed by atoms with Gasteiger partial charge in [0.25, 0.3) is 0 Å². The number of aromatic nitrogens is 7. The molecule has 3 aromatic carbocycles. The summed E-state index contributed by atoms with van der Waals surface area (Å²) < 4.78 is 14.6. The van der Waals surface area contributed by atoms with E-state index in [9.17, 15) is 30.0 Å². The lowest BCUT2D eigenvalue weighted by atomic mass is 9.85. The molecule has 362 valence electrons. The first-order chi connectivity index (χ1) is 32.8. The van der Waals surface area contributed by atoms with E-state index in [2.05, 4.69) is 31.3 Å². The first kappa shape index (κ1) is 48.6. The second kappa shape index (κ2) is 22.1. The smallest absolute Gasteiger partial charge is 0.246 e. The van der Waals surface area contributed by atoms with Crippen molar-refractivity contribution in [3.63, 3.8) is 0 Å². The van der Waals surface area contributed by atoms with Gasteiger partial charge < -0.3 is 63.5 Å². The van der Waals surface area contributed by atoms with Crippen LogP contribution in [0.15, 0.2) is 79.1 Å². The number of hydrogen-bond acceptors (Lipinski definition) is 17. The molecule has 3 aromatic heterocycles. The van der Waals surface area contributed by atoms with E-state index in [0.29, 0.717) is 74.3 Å². The van der Waals surface area contributed by atoms with Crippen molar-refractivity contribution < 1.29 is 39.5 Å². The summed E-state index contributed by atoms with van der Waals surface area (Å²) in [6, 6.07) is 18.9. The number of nitrogens with one attached hydrogen (secondary N) is 2. The van der Waals surface area contributed by atoms with Gasteiger partial charge in [0.05, 0.1) is 34.8 Å². The summed E-state index contributed by atoms with van der Waals surface area (Å²) in [5.41, 5.74) is 28.7. The molecule has 0 radical (unpaired) electrons. The number of ether oxygens (including phenoxy) is 2. The predicted octanol–water partition coefficient (Wildman–Crippen LogP) is 0.491. The number of nitrogens with two attached hydrogens (primary N) is 4. The Morgan fingerprint density at radius 1 is 0.603 bits per heavy atom. The molecule has 0 unspecified atom stereocenters. The minimum atomic E-state index is -1.13. The van der Waals surface area contributed by atoms with E-state index in [4.69, 9.17) is 37.4 Å². The van der Waals surface area contributed by atoms with Gasteiger partial charge in [-0.2, -0.15) is 0 Å². The van der Waals surface area contributed by atoms with Gasteiger partial charge in [0.15, 0.2) is 0 Å². The number of unbranched alkanes of at least 4 members (excludes halogenated alkanes) is 2. The number of aliphatic hydroxyl groups is 4. The maximum atomic E-state index is 13.3. The molecule has 0 spiro atoms. The van der Waals surface area contributed by atoms with E-state index in [1.54, 1.807) is 12.4 Å². The van der Waals surface area contributed by atoms with Crippen LogP contribution >= 0.6 is 0 Å². The number of carbonyl (C=O) groups is 2. The van der Waals surface area contributed by atoms with Crippen molar-refractivity contribution in [1.29, 1.82) is 0 Å². The zero-order valence-electron chi connectivity index (χ0n) is 37.6. The molecule has 2 fully saturated rings. The number of benzene rings is 3. The SMILES string of the molecule is N[C@@H]1C[C@H](N)[C@@H](OCCCCc2cn(CC(=O)Nc3ccc4c(c3)nc(-c3ccccc3)c3cc(NC(=O)Cn5cc(CCCCO[C@H]6[C@H](O)[C@@H](O)[C@H](N)C[C@@H]6N)nn5)ccc34)nn2)[C@H](O)[C@H]1O. The molecule has 8 rings (SSSR count). The lowest BCUT2D eigenvalue weighted by Crippen LogP contribution is -2.62. The highest BCUT2D eigenvalue weighted by atomic mass is 16.5. The molecule has 68 heavy (non-hydrogen) atoms. The highest BCUT2D eigenvalue weighted by Gasteiger charge is 2.42. The summed E-state index contributed by atoms with van der Waals surface area (Å²) in [7, 11) is 0. The van der Waals surface area contributed by atoms with Crippen LogP contribution in [0.5, 0.6) is 0 Å². The van der Waals surface area contributed by atoms with Gasteiger partial charge in [-0.3, -0.25) is 9.59 Å². The molecule has 2 saturated carbocycles. The summed E-state index contributed by atoms with van der Waals surface area (Å²) in [5, 5.41) is 66.1. The van der Waals surface area contributed by atoms with Crippen LogP contribution in [0.1, 0.15) is 49.9 Å². The zero-order chi connectivity index (χ0) is 47.9. The third kappa shape index (κ3) is 11.7. The van der Waals surface area contributed by atoms with Gasteiger partial charge in [0.2, 0.25) is 11.8 Å². The third-order valence-corrected chi connectivity index (χ3v) is 12.7. The standard InChI is InChI=1S/C47H61N13O8/c48-34-20-36(50)46(44(65)42(34)63)67-16-6-4-10-29-22-59(57-55-29)24-39(61)52-27-12-14-31-32-15-13-28(19-38(32)54-41(33(31)18-27)26-8-2-1-3-9-26)53-40(62)25-60-23-30(56-58-60)11-5-7-17-68-47-37(51)21-35(49)43(64)45(47)66/h1-3,8-9,12-15,18-19,22-23,34-37,42-47,63-66H,4-7,10-11,16-17,20-21,24-25,48-51H2,(H,52,61)(H,53,62)/t34-,35-,36+,37+,42+,43+,44-,45-,46-,47-/m1/s1. The first-order valence-electron chi connectivity index (χ1n) is 23.1. The lowest BCUT2D eigenvalue weighted by molar-refractivity contribution is -0.127. The normalized spacial score (nSPS) is 25.2. The molecule has 3 heterocycles. The van der Waals surface area contributed by atoms with Crippen LogP contribution in [0.2, 0.25) is 0 Å². The molecule has 0 aliphatic heterocycles. The Morgan fingerprint density at radius 3 is 1.63 bits per heavy atom. The van der Waals surface area contributed by atoms with E-state index < -0.39 is 60.8 Å². The number of fused-ring (bicyclic) bond motifs is 3. The van der Waals surface area contributed by atoms with Crippen LogP contribution in [-0.2, 0) is 45.0 Å². The number of hydrogen-bond donors (Lipinski definition) is 10. The van der Waals surface area contributed by atoms with Crippen molar-refractivity contribution in [1.82, 2.24) is 35.0 Å². The highest BCUT2D eigenvalue weighted by Crippen LogP contribution is 2.35. The number of carbonyl (C=O) groups excluding carboxylic acids is 2. The molecule has 2 aliphatic carbocycles. The zero-order valence-corrected chi connectivity index (χ0v) is 37.6. The predicted molar refractivity (Wildman–Crippen MR) is 253 cm³/mol. The molecule has 14 N–H and O–H groups in total. The topological polar surface area (TPSA) is 336 Å². The van der Waals surface area contributed by atoms with Gasteiger partial charge in [-0.15, -0.1) is 10.2 Å². The quantitative estimate of drug-likeness (QED) is 0.0390. The van der Waals surface area contributed by atoms with Crippen molar-refractivity contribution >= 4 is 44.9 Å². The Balaban J connectivity index is 0.841. The molecule has 2 amide bonds. The first-order valence-corrected chi connectivity index (χ1v) is 23.1. The van der Waals surface area contributed by atoms with E-state index in [1.165, 1.54) is 9.36 Å². The third-order valence-electron chi connectivity index (χ3n) is 12.7. The van der Waals surface area contributed by atoms with E-state index in [0.717, 1.165) is 46.0 Å². The number of anilines is 2. The number of rotatable bonds is 19. The molecule has 21 nitrogen and oxygen atoms in total. The van der Waals surface area contributed by atoms with Crippen LogP contribution in [0, 0.1) is 0 Å². The minimum absolute atomic E-state index is 0.0477. The van der Waals surface area contributed by atoms with Gasteiger partial charge in [-0.1, -0.05) is 52.9 Å². The lowest BCUT2D eigenvalue weighted by Gasteiger charge is -2.39. The molecule has 2 aliphatic rings. The number of nitrogens with zero attached hydrogens (tertiary/aromatic N) is 7. The van der Waals surface area contributed by atoms with Crippen molar-refractivity contribution in [2.75, 3.05) is 23.8 Å². The van der Waals surface area contributed by atoms with Crippen molar-refractivity contribution in [2.45, 2.75) is 125 Å². The Morgan fingerprint density at radius 2 is 1.10 bits per heavy atom. The average Bonchev–Trinajstić information content (AvgIpc) is 3.97. The van der Waals surface area contributed by atoms with Gasteiger partial charge >= 0.3 is 0 Å². The number of amides is 2. The average molecular weight is 936 g/mol. The largest absolute Gasteiger partial charge is 0.389 e. The minimum Gasteiger partial charge on any atom is -0.389 e. The summed E-state index contributed by atoms with van der Waals surface area (Å²) in [6.45, 7) is 0.602. The second-order valence-corrected chi connectivity index (χ2v) is 17.9. The Hall–Kier alpha value is -5.85. The Bertz CT molecular complexity index is 2650. The summed E-state index contributed by atoms with van der Waals surface area (Å²) in [4.78, 5) is 31.5. The summed E-state index contributed by atoms with van der Waals surface area (Å²) >= 11 is 0. The highest BCUT2D eigenvalue weighted by molar-refractivity contribution is 6.13. The molecule has 10 atom stereocenters. The molecular formula is C47H61N13O8. The number of pyridine rings is 1. The van der Waals surface area contributed by atoms with E-state index in [1.807, 2.05) is 66.7 Å². The van der Waals surface area contributed by atoms with Gasteiger partial charge in [-0.05, 0) is 81.0 Å². The van der Waals surface area contributed by atoms with Crippen LogP contribution < -0.4 is 33.6 Å². The van der Waals surface area contributed by atoms with Crippen LogP contribution in [0.4, 0.5) is 11.4 Å². The van der Waals surface area contributed by atoms with Crippen LogP contribution in [0.25, 0.3) is 32.9 Å². The molecular weight excluding hydrogens is 875 g/mol. The monoisotopic (exact) mass is 935 g/mol. The van der Waals surface area contributed by atoms with E-state index >= 15 is 0 Å². The molecule has 6 aromatic rings. The fourth-order valence-electron chi connectivity index (χ4n) is 9.01. The fraction of sp³-hybridized carbons (Fsp3) is 0.468. The fourth-order valence-corrected chi connectivity index (χ4v) is 9.01. The Kier molecular flexibility index (Phi) is 15.8. The summed E-state index contributed by atoms with van der Waals surface area (Å²) in [6.07, 6.45) is 2.43. The molecule has 0 saturated heterocycles. The van der Waals surface area contributed by atoms with Gasteiger partial charge in [0.1, 0.15) is 37.5 Å². The second-order valence-electron chi connectivity index (χ2n) is 17.9. The van der Waals surface area contributed by atoms with Crippen molar-refractivity contribution in [2.24, 2.45) is 22.9 Å². The van der Waals surface area contributed by atoms with Crippen LogP contribution in [-0.4, -0.2) is 141 Å². The van der Waals surface area contributed by atoms with Gasteiger partial charge in [-0.25, -0.2) is 14.3 Å². The number of aryl methyl sites for hydroxylation is 2. The Labute approximate surface area is 392 Å². The van der Waals surface area contributed by atoms with E-state index in [-0.39, 0.29) is 24.9 Å². The van der Waals surface area contributed by atoms with Crippen LogP contribution in [0.3, 0.4) is 0 Å². The maximum absolute atomic E-state index is 13.3. The molecule has 21 heteroatoms. The van der Waals surface area contributed by atoms with Crippen molar-refractivity contribution in [3.05, 3.63) is 90.5 Å². The van der Waals surface area contributed by atoms with Crippen molar-refractivity contribution in [3.8, 4) is 11.3 Å². The maximum Gasteiger partial charge on any atom is 0.246 e. The number of aliphatic hydroxyl groups excluding tert-OH is 4.